The van der Waals surface area contributed by atoms with E-state index in [0.29, 0.717) is 6.42 Å². The maximum atomic E-state index is 9.51. The van der Waals surface area contributed by atoms with Gasteiger partial charge in [-0.05, 0) is 29.2 Å². The number of nitrogens with zero attached hydrogens (tertiary/aromatic N) is 1. The van der Waals surface area contributed by atoms with Gasteiger partial charge in [-0.15, -0.1) is 0 Å². The Bertz CT molecular complexity index is 983. The average Bonchev–Trinajstić information content (AvgIpc) is 3.11. The average molecular weight is 385 g/mol. The van der Waals surface area contributed by atoms with Crippen molar-refractivity contribution < 1.29 is 5.11 Å². The number of aromatic nitrogens is 1. The maximum absolute atomic E-state index is 9.51. The van der Waals surface area contributed by atoms with E-state index in [4.69, 9.17) is 0 Å². The van der Waals surface area contributed by atoms with E-state index in [1.807, 2.05) is 0 Å². The molecule has 3 aromatic carbocycles. The van der Waals surface area contributed by atoms with E-state index in [9.17, 15) is 5.11 Å². The van der Waals surface area contributed by atoms with E-state index in [1.165, 1.54) is 22.1 Å². The molecule has 4 rings (SSSR count). The van der Waals surface area contributed by atoms with Crippen molar-refractivity contribution in [3.05, 3.63) is 107 Å². The summed E-state index contributed by atoms with van der Waals surface area (Å²) in [5.74, 6) is 0. The topological polar surface area (TPSA) is 39.3 Å². The highest BCUT2D eigenvalue weighted by Gasteiger charge is 2.14. The second-order valence-corrected chi connectivity index (χ2v) is 7.53. The summed E-state index contributed by atoms with van der Waals surface area (Å²) in [6.07, 6.45) is 1.63. The molecule has 148 valence electrons. The third-order valence-electron chi connectivity index (χ3n) is 5.44. The first kappa shape index (κ1) is 19.4. The number of benzene rings is 3. The molecule has 4 aromatic rings. The predicted octanol–water partition coefficient (Wildman–Crippen LogP) is 4.95. The van der Waals surface area contributed by atoms with Crippen molar-refractivity contribution in [1.82, 2.24) is 9.88 Å². The number of hydrogen-bond acceptors (Lipinski definition) is 2. The molecule has 2 N–H and O–H groups in total. The molecule has 29 heavy (non-hydrogen) atoms. The summed E-state index contributed by atoms with van der Waals surface area (Å²) in [7, 11) is 0. The van der Waals surface area contributed by atoms with Gasteiger partial charge in [0, 0.05) is 49.3 Å². The lowest BCUT2D eigenvalue weighted by Gasteiger charge is -2.23. The van der Waals surface area contributed by atoms with Crippen molar-refractivity contribution in [2.75, 3.05) is 13.2 Å². The van der Waals surface area contributed by atoms with Crippen LogP contribution in [0.25, 0.3) is 10.9 Å². The van der Waals surface area contributed by atoms with Gasteiger partial charge in [-0.2, -0.15) is 0 Å². The summed E-state index contributed by atoms with van der Waals surface area (Å²) in [5, 5.41) is 10.8. The summed E-state index contributed by atoms with van der Waals surface area (Å²) >= 11 is 0. The zero-order valence-electron chi connectivity index (χ0n) is 16.7. The molecule has 0 fully saturated rings. The standard InChI is InChI=1S/C26H28N2O/c29-18-16-26-24(23-13-7-8-14-25(23)27-26)15-17-28(19-21-9-3-1-4-10-21)20-22-11-5-2-6-12-22/h1-14,27,29H,15-20H2. The Kier molecular flexibility index (Phi) is 6.40. The summed E-state index contributed by atoms with van der Waals surface area (Å²) in [5.41, 5.74) is 6.31. The second-order valence-electron chi connectivity index (χ2n) is 7.53. The van der Waals surface area contributed by atoms with Crippen LogP contribution in [0.4, 0.5) is 0 Å². The minimum absolute atomic E-state index is 0.164. The largest absolute Gasteiger partial charge is 0.396 e. The summed E-state index contributed by atoms with van der Waals surface area (Å²) in [4.78, 5) is 6.02. The van der Waals surface area contributed by atoms with Crippen LogP contribution in [0.15, 0.2) is 84.9 Å². The van der Waals surface area contributed by atoms with E-state index in [1.54, 1.807) is 0 Å². The van der Waals surface area contributed by atoms with Crippen molar-refractivity contribution in [2.45, 2.75) is 25.9 Å². The number of hydrogen-bond donors (Lipinski definition) is 2. The Labute approximate surface area is 172 Å². The second kappa shape index (κ2) is 9.55. The molecular weight excluding hydrogens is 356 g/mol. The van der Waals surface area contributed by atoms with Crippen molar-refractivity contribution in [1.29, 1.82) is 0 Å². The van der Waals surface area contributed by atoms with Crippen LogP contribution in [-0.4, -0.2) is 28.1 Å². The fourth-order valence-electron chi connectivity index (χ4n) is 4.03. The third-order valence-corrected chi connectivity index (χ3v) is 5.44. The Balaban J connectivity index is 1.56. The van der Waals surface area contributed by atoms with Gasteiger partial charge < -0.3 is 10.1 Å². The SMILES string of the molecule is OCCc1[nH]c2ccccc2c1CCN(Cc1ccccc1)Cc1ccccc1. The van der Waals surface area contributed by atoms with Gasteiger partial charge >= 0.3 is 0 Å². The van der Waals surface area contributed by atoms with E-state index in [0.717, 1.165) is 37.3 Å². The number of fused-ring (bicyclic) bond motifs is 1. The Morgan fingerprint density at radius 1 is 0.690 bits per heavy atom. The van der Waals surface area contributed by atoms with Crippen LogP contribution < -0.4 is 0 Å². The maximum Gasteiger partial charge on any atom is 0.0485 e. The van der Waals surface area contributed by atoms with E-state index in [2.05, 4.69) is 94.8 Å². The molecule has 0 aliphatic heterocycles. The van der Waals surface area contributed by atoms with Gasteiger partial charge in [-0.3, -0.25) is 4.90 Å². The van der Waals surface area contributed by atoms with Crippen LogP contribution in [0.1, 0.15) is 22.4 Å². The highest BCUT2D eigenvalue weighted by molar-refractivity contribution is 5.84. The quantitative estimate of drug-likeness (QED) is 0.429. The molecule has 3 heteroatoms. The van der Waals surface area contributed by atoms with Crippen LogP contribution in [0, 0.1) is 0 Å². The van der Waals surface area contributed by atoms with Crippen molar-refractivity contribution in [2.24, 2.45) is 0 Å². The van der Waals surface area contributed by atoms with Crippen LogP contribution in [0.5, 0.6) is 0 Å². The van der Waals surface area contributed by atoms with Crippen molar-refractivity contribution >= 4 is 10.9 Å². The number of H-pyrrole nitrogens is 1. The predicted molar refractivity (Wildman–Crippen MR) is 120 cm³/mol. The molecule has 0 unspecified atom stereocenters. The number of nitrogens with one attached hydrogen (secondary N) is 1. The van der Waals surface area contributed by atoms with Crippen LogP contribution >= 0.6 is 0 Å². The lowest BCUT2D eigenvalue weighted by Crippen LogP contribution is -2.25. The Morgan fingerprint density at radius 2 is 1.28 bits per heavy atom. The van der Waals surface area contributed by atoms with Crippen LogP contribution in [0.3, 0.4) is 0 Å². The number of rotatable bonds is 9. The molecule has 0 radical (unpaired) electrons. The lowest BCUT2D eigenvalue weighted by atomic mass is 10.0. The van der Waals surface area contributed by atoms with Crippen LogP contribution in [0.2, 0.25) is 0 Å². The number of para-hydroxylation sites is 1. The van der Waals surface area contributed by atoms with Crippen molar-refractivity contribution in [3.63, 3.8) is 0 Å². The van der Waals surface area contributed by atoms with Crippen LogP contribution in [-0.2, 0) is 25.9 Å². The molecule has 1 heterocycles. The zero-order valence-corrected chi connectivity index (χ0v) is 16.7. The number of aliphatic hydroxyl groups is 1. The minimum atomic E-state index is 0.164. The highest BCUT2D eigenvalue weighted by Crippen LogP contribution is 2.24. The fourth-order valence-corrected chi connectivity index (χ4v) is 4.03. The van der Waals surface area contributed by atoms with Gasteiger partial charge in [0.25, 0.3) is 0 Å². The normalized spacial score (nSPS) is 11.4. The first-order valence-corrected chi connectivity index (χ1v) is 10.3. The summed E-state index contributed by atoms with van der Waals surface area (Å²) in [6, 6.07) is 29.8. The monoisotopic (exact) mass is 384 g/mol. The number of aromatic amines is 1. The third kappa shape index (κ3) is 4.94. The molecule has 0 aliphatic carbocycles. The fraction of sp³-hybridized carbons (Fsp3) is 0.231. The van der Waals surface area contributed by atoms with Crippen molar-refractivity contribution in [3.8, 4) is 0 Å². The molecule has 0 aliphatic rings. The number of aliphatic hydroxyl groups excluding tert-OH is 1. The Hall–Kier alpha value is -2.88. The van der Waals surface area contributed by atoms with Gasteiger partial charge in [-0.1, -0.05) is 78.9 Å². The first-order valence-electron chi connectivity index (χ1n) is 10.3. The zero-order chi connectivity index (χ0) is 19.9. The van der Waals surface area contributed by atoms with Gasteiger partial charge in [0.1, 0.15) is 0 Å². The molecule has 0 spiro atoms. The minimum Gasteiger partial charge on any atom is -0.396 e. The molecule has 1 aromatic heterocycles. The lowest BCUT2D eigenvalue weighted by molar-refractivity contribution is 0.259. The van der Waals surface area contributed by atoms with Gasteiger partial charge in [0.05, 0.1) is 0 Å². The van der Waals surface area contributed by atoms with Gasteiger partial charge in [0.15, 0.2) is 0 Å². The molecule has 0 atom stereocenters. The summed E-state index contributed by atoms with van der Waals surface area (Å²) < 4.78 is 0. The van der Waals surface area contributed by atoms with E-state index in [-0.39, 0.29) is 6.61 Å². The summed E-state index contributed by atoms with van der Waals surface area (Å²) in [6.45, 7) is 2.97. The highest BCUT2D eigenvalue weighted by atomic mass is 16.3. The van der Waals surface area contributed by atoms with Gasteiger partial charge in [-0.25, -0.2) is 0 Å². The van der Waals surface area contributed by atoms with E-state index < -0.39 is 0 Å². The Morgan fingerprint density at radius 3 is 1.90 bits per heavy atom. The molecular formula is C26H28N2O. The van der Waals surface area contributed by atoms with E-state index >= 15 is 0 Å². The molecule has 0 bridgehead atoms. The first-order chi connectivity index (χ1) is 14.3. The molecule has 0 amide bonds. The van der Waals surface area contributed by atoms with Gasteiger partial charge in [0.2, 0.25) is 0 Å². The smallest absolute Gasteiger partial charge is 0.0485 e. The molecule has 0 saturated carbocycles. The molecule has 0 saturated heterocycles. The molecule has 3 nitrogen and oxygen atoms in total.